The fourth-order valence-corrected chi connectivity index (χ4v) is 4.98. The van der Waals surface area contributed by atoms with Crippen molar-refractivity contribution in [2.75, 3.05) is 12.3 Å². The number of fused-ring (bicyclic) bond motifs is 3. The predicted molar refractivity (Wildman–Crippen MR) is 145 cm³/mol. The SMILES string of the molecule is CCCCCNC(=O)CCCCSc1nnc2c3cc(C)ccc3n(Cc3ccc(C)cc3)c2n1. The summed E-state index contributed by atoms with van der Waals surface area (Å²) in [6.45, 7) is 7.89. The van der Waals surface area contributed by atoms with Crippen LogP contribution < -0.4 is 5.32 Å². The largest absolute Gasteiger partial charge is 0.356 e. The maximum Gasteiger partial charge on any atom is 0.219 e. The van der Waals surface area contributed by atoms with Crippen LogP contribution >= 0.6 is 11.8 Å². The molecule has 0 radical (unpaired) electrons. The molecule has 0 aliphatic heterocycles. The maximum atomic E-state index is 11.9. The van der Waals surface area contributed by atoms with Crippen molar-refractivity contribution in [1.82, 2.24) is 25.1 Å². The lowest BCUT2D eigenvalue weighted by Crippen LogP contribution is -2.23. The molecule has 184 valence electrons. The highest BCUT2D eigenvalue weighted by atomic mass is 32.2. The van der Waals surface area contributed by atoms with E-state index in [0.717, 1.165) is 60.2 Å². The molecule has 0 aliphatic carbocycles. The number of benzene rings is 2. The van der Waals surface area contributed by atoms with Gasteiger partial charge in [-0.2, -0.15) is 0 Å². The van der Waals surface area contributed by atoms with E-state index in [4.69, 9.17) is 4.98 Å². The molecule has 0 unspecified atom stereocenters. The Bertz CT molecular complexity index is 1280. The quantitative estimate of drug-likeness (QED) is 0.189. The molecule has 0 bridgehead atoms. The lowest BCUT2D eigenvalue weighted by atomic mass is 10.1. The second kappa shape index (κ2) is 12.2. The van der Waals surface area contributed by atoms with E-state index in [9.17, 15) is 4.79 Å². The first-order valence-electron chi connectivity index (χ1n) is 12.6. The van der Waals surface area contributed by atoms with Crippen LogP contribution in [-0.4, -0.2) is 38.0 Å². The molecule has 0 aliphatic rings. The number of aryl methyl sites for hydroxylation is 2. The van der Waals surface area contributed by atoms with Crippen LogP contribution in [0.2, 0.25) is 0 Å². The molecule has 4 aromatic rings. The van der Waals surface area contributed by atoms with E-state index in [1.165, 1.54) is 29.5 Å². The van der Waals surface area contributed by atoms with Gasteiger partial charge < -0.3 is 9.88 Å². The lowest BCUT2D eigenvalue weighted by Gasteiger charge is -2.08. The number of carbonyl (C=O) groups is 1. The predicted octanol–water partition coefficient (Wildman–Crippen LogP) is 6.21. The summed E-state index contributed by atoms with van der Waals surface area (Å²) in [4.78, 5) is 16.9. The van der Waals surface area contributed by atoms with Crippen LogP contribution in [-0.2, 0) is 11.3 Å². The van der Waals surface area contributed by atoms with Gasteiger partial charge in [-0.1, -0.05) is 73.0 Å². The summed E-state index contributed by atoms with van der Waals surface area (Å²) in [6, 6.07) is 15.1. The highest BCUT2D eigenvalue weighted by molar-refractivity contribution is 7.99. The van der Waals surface area contributed by atoms with Crippen molar-refractivity contribution in [2.45, 2.75) is 71.0 Å². The van der Waals surface area contributed by atoms with Crippen LogP contribution in [0.5, 0.6) is 0 Å². The van der Waals surface area contributed by atoms with E-state index in [1.807, 2.05) is 0 Å². The van der Waals surface area contributed by atoms with Crippen LogP contribution in [0.3, 0.4) is 0 Å². The van der Waals surface area contributed by atoms with Crippen molar-refractivity contribution in [3.8, 4) is 0 Å². The number of nitrogens with one attached hydrogen (secondary N) is 1. The van der Waals surface area contributed by atoms with Crippen molar-refractivity contribution in [1.29, 1.82) is 0 Å². The third-order valence-corrected chi connectivity index (χ3v) is 7.12. The van der Waals surface area contributed by atoms with E-state index in [2.05, 4.69) is 83.3 Å². The molecule has 0 saturated heterocycles. The topological polar surface area (TPSA) is 72.7 Å². The zero-order valence-corrected chi connectivity index (χ0v) is 21.8. The van der Waals surface area contributed by atoms with E-state index in [1.54, 1.807) is 11.8 Å². The Kier molecular flexibility index (Phi) is 8.74. The number of aromatic nitrogens is 4. The van der Waals surface area contributed by atoms with Gasteiger partial charge in [-0.25, -0.2) is 4.98 Å². The maximum absolute atomic E-state index is 11.9. The number of nitrogens with zero attached hydrogens (tertiary/aromatic N) is 4. The summed E-state index contributed by atoms with van der Waals surface area (Å²) < 4.78 is 2.25. The number of rotatable bonds is 12. The molecule has 2 heterocycles. The second-order valence-corrected chi connectivity index (χ2v) is 10.3. The summed E-state index contributed by atoms with van der Waals surface area (Å²) in [5.41, 5.74) is 6.52. The number of hydrogen-bond acceptors (Lipinski definition) is 5. The fraction of sp³-hybridized carbons (Fsp3) is 0.429. The number of thioether (sulfide) groups is 1. The van der Waals surface area contributed by atoms with E-state index < -0.39 is 0 Å². The van der Waals surface area contributed by atoms with Gasteiger partial charge in [-0.3, -0.25) is 4.79 Å². The Morgan fingerprint density at radius 2 is 1.77 bits per heavy atom. The summed E-state index contributed by atoms with van der Waals surface area (Å²) >= 11 is 1.61. The monoisotopic (exact) mass is 489 g/mol. The molecule has 0 saturated carbocycles. The molecule has 0 atom stereocenters. The highest BCUT2D eigenvalue weighted by Gasteiger charge is 2.16. The minimum atomic E-state index is 0.154. The van der Waals surface area contributed by atoms with Crippen LogP contribution in [0.1, 0.15) is 62.1 Å². The number of amides is 1. The van der Waals surface area contributed by atoms with Crippen molar-refractivity contribution >= 4 is 39.7 Å². The first-order chi connectivity index (χ1) is 17.0. The zero-order valence-electron chi connectivity index (χ0n) is 21.0. The first kappa shape index (κ1) is 25.2. The van der Waals surface area contributed by atoms with Crippen LogP contribution in [0.4, 0.5) is 0 Å². The summed E-state index contributed by atoms with van der Waals surface area (Å²) in [5, 5.41) is 13.8. The van der Waals surface area contributed by atoms with Crippen molar-refractivity contribution in [2.24, 2.45) is 0 Å². The van der Waals surface area contributed by atoms with Crippen molar-refractivity contribution in [3.05, 3.63) is 59.2 Å². The van der Waals surface area contributed by atoms with E-state index in [0.29, 0.717) is 11.6 Å². The summed E-state index contributed by atoms with van der Waals surface area (Å²) in [5.74, 6) is 1.02. The Labute approximate surface area is 211 Å². The number of unbranched alkanes of at least 4 members (excludes halogenated alkanes) is 3. The molecule has 0 spiro atoms. The van der Waals surface area contributed by atoms with Gasteiger partial charge in [-0.15, -0.1) is 10.2 Å². The van der Waals surface area contributed by atoms with Gasteiger partial charge in [0.2, 0.25) is 11.1 Å². The average molecular weight is 490 g/mol. The normalized spacial score (nSPS) is 11.4. The zero-order chi connectivity index (χ0) is 24.6. The first-order valence-corrected chi connectivity index (χ1v) is 13.6. The molecular formula is C28H35N5OS. The molecule has 0 fully saturated rings. The Hall–Kier alpha value is -2.93. The Balaban J connectivity index is 1.43. The molecule has 1 amide bonds. The van der Waals surface area contributed by atoms with Crippen LogP contribution in [0, 0.1) is 13.8 Å². The average Bonchev–Trinajstić information content (AvgIpc) is 3.15. The van der Waals surface area contributed by atoms with Crippen LogP contribution in [0.25, 0.3) is 22.1 Å². The minimum absolute atomic E-state index is 0.154. The molecule has 1 N–H and O–H groups in total. The van der Waals surface area contributed by atoms with Crippen molar-refractivity contribution in [3.63, 3.8) is 0 Å². The molecular weight excluding hydrogens is 454 g/mol. The number of hydrogen-bond donors (Lipinski definition) is 1. The van der Waals surface area contributed by atoms with E-state index in [-0.39, 0.29) is 5.91 Å². The second-order valence-electron chi connectivity index (χ2n) is 9.22. The van der Waals surface area contributed by atoms with Crippen LogP contribution in [0.15, 0.2) is 47.6 Å². The molecule has 35 heavy (non-hydrogen) atoms. The van der Waals surface area contributed by atoms with Gasteiger partial charge >= 0.3 is 0 Å². The fourth-order valence-electron chi connectivity index (χ4n) is 4.19. The lowest BCUT2D eigenvalue weighted by molar-refractivity contribution is -0.121. The summed E-state index contributed by atoms with van der Waals surface area (Å²) in [7, 11) is 0. The highest BCUT2D eigenvalue weighted by Crippen LogP contribution is 2.29. The van der Waals surface area contributed by atoms with Gasteiger partial charge in [0, 0.05) is 30.6 Å². The standard InChI is InChI=1S/C28H35N5OS/c1-4-5-7-16-29-25(34)9-6-8-17-35-28-30-27-26(31-32-28)23-18-21(3)12-15-24(23)33(27)19-22-13-10-20(2)11-14-22/h10-15,18H,4-9,16-17,19H2,1-3H3,(H,29,34). The minimum Gasteiger partial charge on any atom is -0.356 e. The van der Waals surface area contributed by atoms with Gasteiger partial charge in [0.05, 0.1) is 5.52 Å². The van der Waals surface area contributed by atoms with Gasteiger partial charge in [0.25, 0.3) is 0 Å². The smallest absolute Gasteiger partial charge is 0.219 e. The Morgan fingerprint density at radius 3 is 2.57 bits per heavy atom. The third kappa shape index (κ3) is 6.60. The molecule has 7 heteroatoms. The molecule has 4 rings (SSSR count). The molecule has 6 nitrogen and oxygen atoms in total. The van der Waals surface area contributed by atoms with Crippen molar-refractivity contribution < 1.29 is 4.79 Å². The summed E-state index contributed by atoms with van der Waals surface area (Å²) in [6.07, 6.45) is 5.79. The van der Waals surface area contributed by atoms with Gasteiger partial charge in [-0.05, 0) is 50.8 Å². The molecule has 2 aromatic carbocycles. The molecule has 2 aromatic heterocycles. The van der Waals surface area contributed by atoms with Gasteiger partial charge in [0.15, 0.2) is 5.65 Å². The van der Waals surface area contributed by atoms with Gasteiger partial charge in [0.1, 0.15) is 5.52 Å². The van der Waals surface area contributed by atoms with E-state index >= 15 is 0 Å². The Morgan fingerprint density at radius 1 is 0.971 bits per heavy atom. The third-order valence-electron chi connectivity index (χ3n) is 6.20. The number of carbonyl (C=O) groups excluding carboxylic acids is 1.